The SMILES string of the molecule is C=C(C)Cn1ccn2nc(-c3cccs3)cc2c1=O. The van der Waals surface area contributed by atoms with Gasteiger partial charge in [0.05, 0.1) is 4.88 Å². The molecule has 0 aliphatic carbocycles. The van der Waals surface area contributed by atoms with Gasteiger partial charge in [0.25, 0.3) is 5.56 Å². The molecule has 0 saturated carbocycles. The van der Waals surface area contributed by atoms with Gasteiger partial charge in [-0.15, -0.1) is 11.3 Å². The summed E-state index contributed by atoms with van der Waals surface area (Å²) in [6.45, 7) is 6.28. The topological polar surface area (TPSA) is 39.3 Å². The molecule has 0 saturated heterocycles. The minimum Gasteiger partial charge on any atom is -0.308 e. The van der Waals surface area contributed by atoms with Gasteiger partial charge in [-0.3, -0.25) is 4.79 Å². The fourth-order valence-electron chi connectivity index (χ4n) is 1.99. The van der Waals surface area contributed by atoms with E-state index in [0.29, 0.717) is 12.1 Å². The highest BCUT2D eigenvalue weighted by Gasteiger charge is 2.09. The van der Waals surface area contributed by atoms with E-state index in [4.69, 9.17) is 0 Å². The van der Waals surface area contributed by atoms with E-state index in [1.165, 1.54) is 0 Å². The summed E-state index contributed by atoms with van der Waals surface area (Å²) >= 11 is 1.61. The zero-order valence-electron chi connectivity index (χ0n) is 10.5. The van der Waals surface area contributed by atoms with Gasteiger partial charge in [0.2, 0.25) is 0 Å². The Hall–Kier alpha value is -2.14. The summed E-state index contributed by atoms with van der Waals surface area (Å²) in [5, 5.41) is 6.43. The third-order valence-corrected chi connectivity index (χ3v) is 3.71. The van der Waals surface area contributed by atoms with Crippen LogP contribution < -0.4 is 5.56 Å². The molecule has 0 aliphatic heterocycles. The van der Waals surface area contributed by atoms with E-state index in [1.54, 1.807) is 32.8 Å². The number of rotatable bonds is 3. The highest BCUT2D eigenvalue weighted by atomic mass is 32.1. The van der Waals surface area contributed by atoms with Crippen molar-refractivity contribution in [3.05, 3.63) is 58.5 Å². The molecule has 96 valence electrons. The lowest BCUT2D eigenvalue weighted by atomic mass is 10.3. The van der Waals surface area contributed by atoms with Crippen molar-refractivity contribution in [2.24, 2.45) is 0 Å². The Morgan fingerprint density at radius 3 is 3.00 bits per heavy atom. The minimum atomic E-state index is -0.0409. The summed E-state index contributed by atoms with van der Waals surface area (Å²) in [6, 6.07) is 5.81. The third-order valence-electron chi connectivity index (χ3n) is 2.82. The van der Waals surface area contributed by atoms with Crippen molar-refractivity contribution in [3.8, 4) is 10.6 Å². The summed E-state index contributed by atoms with van der Waals surface area (Å²) in [7, 11) is 0. The van der Waals surface area contributed by atoms with Gasteiger partial charge >= 0.3 is 0 Å². The molecule has 3 aromatic heterocycles. The highest BCUT2D eigenvalue weighted by Crippen LogP contribution is 2.23. The van der Waals surface area contributed by atoms with Crippen LogP contribution in [0.15, 0.2) is 52.9 Å². The zero-order valence-corrected chi connectivity index (χ0v) is 11.4. The molecule has 0 amide bonds. The van der Waals surface area contributed by atoms with Crippen LogP contribution in [-0.2, 0) is 6.54 Å². The van der Waals surface area contributed by atoms with Crippen LogP contribution in [0.4, 0.5) is 0 Å². The van der Waals surface area contributed by atoms with Crippen molar-refractivity contribution >= 4 is 16.9 Å². The Bertz CT molecular complexity index is 796. The molecule has 0 bridgehead atoms. The Morgan fingerprint density at radius 2 is 2.32 bits per heavy atom. The maximum Gasteiger partial charge on any atom is 0.276 e. The fraction of sp³-hybridized carbons (Fsp3) is 0.143. The first kappa shape index (κ1) is 11.9. The lowest BCUT2D eigenvalue weighted by molar-refractivity contribution is 0.734. The summed E-state index contributed by atoms with van der Waals surface area (Å²) in [6.07, 6.45) is 3.55. The monoisotopic (exact) mass is 271 g/mol. The number of hydrogen-bond donors (Lipinski definition) is 0. The molecule has 19 heavy (non-hydrogen) atoms. The molecule has 3 aromatic rings. The second-order valence-corrected chi connectivity index (χ2v) is 5.47. The molecule has 4 nitrogen and oxygen atoms in total. The standard InChI is InChI=1S/C14H13N3OS/c1-10(2)9-16-5-6-17-12(14(16)18)8-11(15-17)13-4-3-7-19-13/h3-8H,1,9H2,2H3. The van der Waals surface area contributed by atoms with E-state index in [2.05, 4.69) is 11.7 Å². The molecular formula is C14H13N3OS. The van der Waals surface area contributed by atoms with Crippen molar-refractivity contribution in [2.45, 2.75) is 13.5 Å². The summed E-state index contributed by atoms with van der Waals surface area (Å²) in [5.74, 6) is 0. The zero-order chi connectivity index (χ0) is 13.4. The quantitative estimate of drug-likeness (QED) is 0.687. The van der Waals surface area contributed by atoms with Crippen LogP contribution in [0.1, 0.15) is 6.92 Å². The van der Waals surface area contributed by atoms with E-state index in [9.17, 15) is 4.79 Å². The number of thiophene rings is 1. The van der Waals surface area contributed by atoms with Gasteiger partial charge in [0.15, 0.2) is 0 Å². The Balaban J connectivity index is 2.16. The maximum atomic E-state index is 12.3. The molecule has 0 fully saturated rings. The molecule has 0 radical (unpaired) electrons. The molecule has 0 unspecified atom stereocenters. The van der Waals surface area contributed by atoms with E-state index in [-0.39, 0.29) is 5.56 Å². The van der Waals surface area contributed by atoms with Gasteiger partial charge in [-0.25, -0.2) is 4.52 Å². The molecule has 3 heterocycles. The van der Waals surface area contributed by atoms with Crippen LogP contribution in [0.25, 0.3) is 16.1 Å². The number of fused-ring (bicyclic) bond motifs is 1. The predicted octanol–water partition coefficient (Wildman–Crippen LogP) is 2.80. The molecular weight excluding hydrogens is 258 g/mol. The van der Waals surface area contributed by atoms with E-state index >= 15 is 0 Å². The number of hydrogen-bond acceptors (Lipinski definition) is 3. The normalized spacial score (nSPS) is 11.0. The minimum absolute atomic E-state index is 0.0409. The predicted molar refractivity (Wildman–Crippen MR) is 77.6 cm³/mol. The lowest BCUT2D eigenvalue weighted by Gasteiger charge is -2.04. The van der Waals surface area contributed by atoms with Gasteiger partial charge in [-0.05, 0) is 24.4 Å². The summed E-state index contributed by atoms with van der Waals surface area (Å²) in [5.41, 5.74) is 2.33. The van der Waals surface area contributed by atoms with Crippen LogP contribution in [-0.4, -0.2) is 14.2 Å². The molecule has 0 aromatic carbocycles. The van der Waals surface area contributed by atoms with Crippen molar-refractivity contribution in [1.29, 1.82) is 0 Å². The number of nitrogens with zero attached hydrogens (tertiary/aromatic N) is 3. The van der Waals surface area contributed by atoms with E-state index in [1.807, 2.05) is 30.5 Å². The summed E-state index contributed by atoms with van der Waals surface area (Å²) < 4.78 is 3.28. The van der Waals surface area contributed by atoms with Gasteiger partial charge in [-0.2, -0.15) is 5.10 Å². The first-order valence-corrected chi connectivity index (χ1v) is 6.80. The van der Waals surface area contributed by atoms with Crippen molar-refractivity contribution in [2.75, 3.05) is 0 Å². The van der Waals surface area contributed by atoms with Gasteiger partial charge in [0.1, 0.15) is 11.2 Å². The van der Waals surface area contributed by atoms with E-state index < -0.39 is 0 Å². The fourth-order valence-corrected chi connectivity index (χ4v) is 2.67. The lowest BCUT2D eigenvalue weighted by Crippen LogP contribution is -2.21. The molecule has 0 atom stereocenters. The first-order chi connectivity index (χ1) is 9.15. The second kappa shape index (κ2) is 4.51. The van der Waals surface area contributed by atoms with Gasteiger partial charge < -0.3 is 4.57 Å². The van der Waals surface area contributed by atoms with Crippen molar-refractivity contribution in [1.82, 2.24) is 14.2 Å². The van der Waals surface area contributed by atoms with Gasteiger partial charge in [-0.1, -0.05) is 18.2 Å². The molecule has 0 N–H and O–H groups in total. The van der Waals surface area contributed by atoms with Crippen LogP contribution >= 0.6 is 11.3 Å². The Morgan fingerprint density at radius 1 is 1.47 bits per heavy atom. The molecule has 0 aliphatic rings. The third kappa shape index (κ3) is 2.13. The highest BCUT2D eigenvalue weighted by molar-refractivity contribution is 7.13. The van der Waals surface area contributed by atoms with Crippen LogP contribution in [0, 0.1) is 0 Å². The average Bonchev–Trinajstić information content (AvgIpc) is 3.00. The largest absolute Gasteiger partial charge is 0.308 e. The van der Waals surface area contributed by atoms with Crippen LogP contribution in [0.2, 0.25) is 0 Å². The second-order valence-electron chi connectivity index (χ2n) is 4.52. The molecule has 0 spiro atoms. The summed E-state index contributed by atoms with van der Waals surface area (Å²) in [4.78, 5) is 13.4. The average molecular weight is 271 g/mol. The molecule has 5 heteroatoms. The smallest absolute Gasteiger partial charge is 0.276 e. The van der Waals surface area contributed by atoms with E-state index in [0.717, 1.165) is 16.1 Å². The Kier molecular flexibility index (Phi) is 2.83. The van der Waals surface area contributed by atoms with Crippen LogP contribution in [0.3, 0.4) is 0 Å². The van der Waals surface area contributed by atoms with Crippen LogP contribution in [0.5, 0.6) is 0 Å². The van der Waals surface area contributed by atoms with Gasteiger partial charge in [0, 0.05) is 18.9 Å². The van der Waals surface area contributed by atoms with Crippen molar-refractivity contribution < 1.29 is 0 Å². The number of allylic oxidation sites excluding steroid dienone is 1. The molecule has 3 rings (SSSR count). The maximum absolute atomic E-state index is 12.3. The Labute approximate surface area is 114 Å². The first-order valence-electron chi connectivity index (χ1n) is 5.92. The number of aromatic nitrogens is 3. The van der Waals surface area contributed by atoms with Crippen molar-refractivity contribution in [3.63, 3.8) is 0 Å².